The van der Waals surface area contributed by atoms with Crippen LogP contribution >= 0.6 is 11.3 Å². The first-order valence-corrected chi connectivity index (χ1v) is 12.9. The summed E-state index contributed by atoms with van der Waals surface area (Å²) in [6.45, 7) is 6.28. The largest absolute Gasteiger partial charge is 0.378 e. The molecular formula is C27H28N4O3S. The van der Waals surface area contributed by atoms with Crippen LogP contribution in [0.4, 0.5) is 4.79 Å². The Morgan fingerprint density at radius 3 is 2.86 bits per heavy atom. The molecule has 35 heavy (non-hydrogen) atoms. The molecule has 1 atom stereocenters. The molecule has 2 aromatic rings. The highest BCUT2D eigenvalue weighted by Gasteiger charge is 2.26. The molecule has 2 heterocycles. The number of amides is 2. The van der Waals surface area contributed by atoms with Gasteiger partial charge in [-0.15, -0.1) is 11.3 Å². The molecule has 1 aliphatic heterocycles. The minimum absolute atomic E-state index is 0.0657. The summed E-state index contributed by atoms with van der Waals surface area (Å²) >= 11 is 1.62. The van der Waals surface area contributed by atoms with E-state index in [-0.39, 0.29) is 18.2 Å². The van der Waals surface area contributed by atoms with Crippen LogP contribution in [0.1, 0.15) is 42.8 Å². The van der Waals surface area contributed by atoms with Gasteiger partial charge in [0.15, 0.2) is 0 Å². The fraction of sp³-hybridized carbons (Fsp3) is 0.407. The molecule has 1 unspecified atom stereocenters. The van der Waals surface area contributed by atoms with Gasteiger partial charge in [-0.2, -0.15) is 10.3 Å². The third-order valence-corrected chi connectivity index (χ3v) is 7.48. The average molecular weight is 489 g/mol. The summed E-state index contributed by atoms with van der Waals surface area (Å²) < 4.78 is 11.2. The van der Waals surface area contributed by atoms with Gasteiger partial charge in [0.1, 0.15) is 5.01 Å². The van der Waals surface area contributed by atoms with Crippen molar-refractivity contribution in [2.75, 3.05) is 26.3 Å². The second-order valence-electron chi connectivity index (χ2n) is 9.08. The van der Waals surface area contributed by atoms with E-state index in [1.807, 2.05) is 32.2 Å². The Morgan fingerprint density at radius 1 is 1.29 bits per heavy atom. The van der Waals surface area contributed by atoms with Gasteiger partial charge in [0, 0.05) is 30.4 Å². The molecule has 2 aliphatic carbocycles. The number of nitrogens with zero attached hydrogens (tertiary/aromatic N) is 4. The van der Waals surface area contributed by atoms with Crippen molar-refractivity contribution in [2.45, 2.75) is 45.3 Å². The highest BCUT2D eigenvalue weighted by molar-refractivity contribution is 7.16. The Hall–Kier alpha value is -3.12. The van der Waals surface area contributed by atoms with Crippen molar-refractivity contribution in [3.63, 3.8) is 0 Å². The van der Waals surface area contributed by atoms with Crippen LogP contribution < -0.4 is 0 Å². The SMILES string of the molecule is CC(C)OC1CC=C(c2ncc(-c3cccc4c3CC/C4=N/C(=O)N3CCOCC3)s2)C=C1C#N. The molecule has 2 amide bonds. The molecule has 1 aromatic carbocycles. The van der Waals surface area contributed by atoms with E-state index < -0.39 is 0 Å². The molecule has 5 rings (SSSR count). The summed E-state index contributed by atoms with van der Waals surface area (Å²) in [7, 11) is 0. The number of hydrogen-bond donors (Lipinski definition) is 0. The standard InChI is InChI=1S/C27H28N4O3S/c1-17(2)34-24-9-6-18(14-19(24)15-28)26-29-16-25(35-26)22-5-3-4-21-20(22)7-8-23(21)30-27(32)31-10-12-33-13-11-31/h3-6,14,16-17,24H,7-13H2,1-2H3/b30-23-. The van der Waals surface area contributed by atoms with Gasteiger partial charge in [-0.25, -0.2) is 9.78 Å². The monoisotopic (exact) mass is 488 g/mol. The fourth-order valence-electron chi connectivity index (χ4n) is 4.72. The summed E-state index contributed by atoms with van der Waals surface area (Å²) in [5, 5.41) is 10.5. The van der Waals surface area contributed by atoms with E-state index in [0.29, 0.717) is 38.3 Å². The summed E-state index contributed by atoms with van der Waals surface area (Å²) in [5.41, 5.74) is 5.86. The number of benzene rings is 1. The first kappa shape index (κ1) is 23.6. The molecular weight excluding hydrogens is 460 g/mol. The van der Waals surface area contributed by atoms with E-state index in [1.165, 1.54) is 5.56 Å². The summed E-state index contributed by atoms with van der Waals surface area (Å²) in [6.07, 6.45) is 8.05. The van der Waals surface area contributed by atoms with Gasteiger partial charge in [0.05, 0.1) is 47.7 Å². The summed E-state index contributed by atoms with van der Waals surface area (Å²) in [5.74, 6) is 0. The van der Waals surface area contributed by atoms with Crippen LogP contribution in [0.15, 0.2) is 47.1 Å². The molecule has 0 radical (unpaired) electrons. The third kappa shape index (κ3) is 4.98. The number of allylic oxidation sites excluding steroid dienone is 2. The highest BCUT2D eigenvalue weighted by atomic mass is 32.1. The Morgan fingerprint density at radius 2 is 2.09 bits per heavy atom. The molecule has 3 aliphatic rings. The number of nitriles is 1. The van der Waals surface area contributed by atoms with Gasteiger partial charge >= 0.3 is 6.03 Å². The van der Waals surface area contributed by atoms with Crippen molar-refractivity contribution in [1.82, 2.24) is 9.88 Å². The number of morpholine rings is 1. The Labute approximate surface area is 209 Å². The van der Waals surface area contributed by atoms with Crippen LogP contribution in [-0.2, 0) is 15.9 Å². The summed E-state index contributed by atoms with van der Waals surface area (Å²) in [4.78, 5) is 24.6. The zero-order valence-electron chi connectivity index (χ0n) is 20.0. The number of carbonyl (C=O) groups is 1. The van der Waals surface area contributed by atoms with E-state index in [9.17, 15) is 10.1 Å². The number of hydrogen-bond acceptors (Lipinski definition) is 6. The quantitative estimate of drug-likeness (QED) is 0.602. The van der Waals surface area contributed by atoms with Gasteiger partial charge in [-0.3, -0.25) is 0 Å². The normalized spacial score (nSPS) is 21.0. The van der Waals surface area contributed by atoms with E-state index in [4.69, 9.17) is 9.47 Å². The number of rotatable bonds is 4. The minimum atomic E-state index is -0.196. The van der Waals surface area contributed by atoms with Gasteiger partial charge in [0.25, 0.3) is 0 Å². The summed E-state index contributed by atoms with van der Waals surface area (Å²) in [6, 6.07) is 8.31. The van der Waals surface area contributed by atoms with Gasteiger partial charge in [-0.1, -0.05) is 24.3 Å². The number of thiazole rings is 1. The van der Waals surface area contributed by atoms with Crippen molar-refractivity contribution in [1.29, 1.82) is 5.26 Å². The Balaban J connectivity index is 1.38. The molecule has 1 fully saturated rings. The maximum absolute atomic E-state index is 12.7. The van der Waals surface area contributed by atoms with Crippen LogP contribution in [-0.4, -0.2) is 60.1 Å². The van der Waals surface area contributed by atoms with Crippen LogP contribution in [0.3, 0.4) is 0 Å². The van der Waals surface area contributed by atoms with Crippen LogP contribution in [0.2, 0.25) is 0 Å². The van der Waals surface area contributed by atoms with Crippen molar-refractivity contribution in [3.8, 4) is 16.5 Å². The second kappa shape index (κ2) is 10.2. The molecule has 0 saturated carbocycles. The first-order chi connectivity index (χ1) is 17.0. The van der Waals surface area contributed by atoms with E-state index >= 15 is 0 Å². The molecule has 180 valence electrons. The molecule has 8 heteroatoms. The van der Waals surface area contributed by atoms with Crippen molar-refractivity contribution in [3.05, 3.63) is 58.3 Å². The maximum Gasteiger partial charge on any atom is 0.343 e. The number of urea groups is 1. The van der Waals surface area contributed by atoms with Crippen LogP contribution in [0.25, 0.3) is 16.0 Å². The number of ether oxygens (including phenoxy) is 2. The molecule has 7 nitrogen and oxygen atoms in total. The molecule has 0 bridgehead atoms. The number of fused-ring (bicyclic) bond motifs is 1. The predicted octanol–water partition coefficient (Wildman–Crippen LogP) is 5.03. The van der Waals surface area contributed by atoms with E-state index in [0.717, 1.165) is 45.1 Å². The van der Waals surface area contributed by atoms with Crippen molar-refractivity contribution < 1.29 is 14.3 Å². The lowest BCUT2D eigenvalue weighted by atomic mass is 9.97. The predicted molar refractivity (Wildman–Crippen MR) is 136 cm³/mol. The molecule has 1 saturated heterocycles. The van der Waals surface area contributed by atoms with Crippen molar-refractivity contribution in [2.24, 2.45) is 4.99 Å². The zero-order valence-corrected chi connectivity index (χ0v) is 20.8. The Kier molecular flexibility index (Phi) is 6.91. The van der Waals surface area contributed by atoms with Crippen LogP contribution in [0, 0.1) is 11.3 Å². The fourth-order valence-corrected chi connectivity index (χ4v) is 5.70. The lowest BCUT2D eigenvalue weighted by Crippen LogP contribution is -2.39. The minimum Gasteiger partial charge on any atom is -0.378 e. The topological polar surface area (TPSA) is 87.8 Å². The lowest BCUT2D eigenvalue weighted by Gasteiger charge is -2.24. The number of aromatic nitrogens is 1. The first-order valence-electron chi connectivity index (χ1n) is 12.0. The van der Waals surface area contributed by atoms with Gasteiger partial charge < -0.3 is 14.4 Å². The van der Waals surface area contributed by atoms with Crippen molar-refractivity contribution >= 4 is 28.7 Å². The lowest BCUT2D eigenvalue weighted by molar-refractivity contribution is 0.0327. The number of aliphatic imine (C=N–C) groups is 1. The second-order valence-corrected chi connectivity index (χ2v) is 10.1. The number of carbonyl (C=O) groups excluding carboxylic acids is 1. The zero-order chi connectivity index (χ0) is 24.4. The smallest absolute Gasteiger partial charge is 0.343 e. The maximum atomic E-state index is 12.7. The molecule has 1 aromatic heterocycles. The van der Waals surface area contributed by atoms with Gasteiger partial charge in [-0.05, 0) is 50.3 Å². The highest BCUT2D eigenvalue weighted by Crippen LogP contribution is 2.38. The van der Waals surface area contributed by atoms with E-state index in [1.54, 1.807) is 16.2 Å². The molecule has 0 spiro atoms. The van der Waals surface area contributed by atoms with Crippen LogP contribution in [0.5, 0.6) is 0 Å². The van der Waals surface area contributed by atoms with E-state index in [2.05, 4.69) is 34.3 Å². The average Bonchev–Trinajstić information content (AvgIpc) is 3.52. The molecule has 0 N–H and O–H groups in total. The third-order valence-electron chi connectivity index (χ3n) is 6.40. The van der Waals surface area contributed by atoms with Gasteiger partial charge in [0.2, 0.25) is 0 Å². The Bertz CT molecular complexity index is 1260.